The van der Waals surface area contributed by atoms with Gasteiger partial charge in [0.25, 0.3) is 5.91 Å². The maximum absolute atomic E-state index is 12.7. The largest absolute Gasteiger partial charge is 0.480 e. The molecule has 1 fully saturated rings. The Bertz CT molecular complexity index is 816. The number of ether oxygens (including phenoxy) is 2. The van der Waals surface area contributed by atoms with Crippen molar-refractivity contribution in [3.8, 4) is 5.75 Å². The minimum Gasteiger partial charge on any atom is -0.480 e. The van der Waals surface area contributed by atoms with Gasteiger partial charge in [-0.25, -0.2) is 0 Å². The number of nitrogens with one attached hydrogen (secondary N) is 1. The second-order valence-corrected chi connectivity index (χ2v) is 7.71. The Kier molecular flexibility index (Phi) is 7.67. The highest BCUT2D eigenvalue weighted by Crippen LogP contribution is 2.21. The predicted molar refractivity (Wildman–Crippen MR) is 115 cm³/mol. The number of morpholine rings is 1. The van der Waals surface area contributed by atoms with Crippen molar-refractivity contribution in [3.63, 3.8) is 0 Å². The molecule has 0 aromatic heterocycles. The molecule has 1 atom stereocenters. The Balaban J connectivity index is 1.55. The van der Waals surface area contributed by atoms with Crippen LogP contribution in [0.15, 0.2) is 42.5 Å². The summed E-state index contributed by atoms with van der Waals surface area (Å²) in [6, 6.07) is 14.4. The van der Waals surface area contributed by atoms with E-state index in [0.717, 1.165) is 49.7 Å². The number of benzene rings is 2. The van der Waals surface area contributed by atoms with Gasteiger partial charge in [-0.3, -0.25) is 9.69 Å². The summed E-state index contributed by atoms with van der Waals surface area (Å²) in [6.45, 7) is 11.0. The molecule has 3 rings (SSSR count). The number of rotatable bonds is 8. The third-order valence-electron chi connectivity index (χ3n) is 5.23. The molecule has 2 aromatic rings. The highest BCUT2D eigenvalue weighted by atomic mass is 16.5. The first kappa shape index (κ1) is 21.3. The topological polar surface area (TPSA) is 50.8 Å². The molecule has 156 valence electrons. The summed E-state index contributed by atoms with van der Waals surface area (Å²) >= 11 is 0. The van der Waals surface area contributed by atoms with Gasteiger partial charge in [0.05, 0.1) is 13.2 Å². The lowest BCUT2D eigenvalue weighted by atomic mass is 10.1. The van der Waals surface area contributed by atoms with Crippen molar-refractivity contribution in [1.82, 2.24) is 10.2 Å². The Morgan fingerprint density at radius 1 is 1.14 bits per heavy atom. The average Bonchev–Trinajstić information content (AvgIpc) is 2.72. The zero-order chi connectivity index (χ0) is 20.6. The molecule has 5 heteroatoms. The van der Waals surface area contributed by atoms with Crippen molar-refractivity contribution in [3.05, 3.63) is 64.7 Å². The number of hydrogen-bond donors (Lipinski definition) is 1. The quantitative estimate of drug-likeness (QED) is 0.741. The van der Waals surface area contributed by atoms with E-state index in [9.17, 15) is 4.79 Å². The molecule has 1 aliphatic rings. The lowest BCUT2D eigenvalue weighted by Crippen LogP contribution is -2.37. The van der Waals surface area contributed by atoms with Crippen LogP contribution in [-0.4, -0.2) is 43.2 Å². The summed E-state index contributed by atoms with van der Waals surface area (Å²) in [5, 5.41) is 3.03. The van der Waals surface area contributed by atoms with Crippen molar-refractivity contribution in [2.75, 3.05) is 26.3 Å². The van der Waals surface area contributed by atoms with Gasteiger partial charge in [0.1, 0.15) is 5.75 Å². The first-order valence-electron chi connectivity index (χ1n) is 10.4. The van der Waals surface area contributed by atoms with Crippen LogP contribution in [0.1, 0.15) is 35.6 Å². The maximum Gasteiger partial charge on any atom is 0.261 e. The molecule has 0 spiro atoms. The van der Waals surface area contributed by atoms with Crippen molar-refractivity contribution in [2.24, 2.45) is 0 Å². The summed E-state index contributed by atoms with van der Waals surface area (Å²) in [7, 11) is 0. The number of carbonyl (C=O) groups is 1. The molecule has 0 bridgehead atoms. The van der Waals surface area contributed by atoms with Gasteiger partial charge in [-0.15, -0.1) is 0 Å². The zero-order valence-electron chi connectivity index (χ0n) is 17.7. The van der Waals surface area contributed by atoms with Crippen LogP contribution in [0.25, 0.3) is 0 Å². The van der Waals surface area contributed by atoms with E-state index in [1.807, 2.05) is 32.9 Å². The fraction of sp³-hybridized carbons (Fsp3) is 0.458. The molecule has 5 nitrogen and oxygen atoms in total. The summed E-state index contributed by atoms with van der Waals surface area (Å²) in [6.07, 6.45) is 0.129. The third-order valence-corrected chi connectivity index (χ3v) is 5.23. The molecule has 1 N–H and O–H groups in total. The van der Waals surface area contributed by atoms with Crippen molar-refractivity contribution in [2.45, 2.75) is 46.4 Å². The molecule has 1 amide bonds. The maximum atomic E-state index is 12.7. The van der Waals surface area contributed by atoms with Crippen molar-refractivity contribution >= 4 is 5.91 Å². The highest BCUT2D eigenvalue weighted by Gasteiger charge is 2.19. The molecular weight excluding hydrogens is 364 g/mol. The van der Waals surface area contributed by atoms with Gasteiger partial charge >= 0.3 is 0 Å². The molecule has 1 heterocycles. The van der Waals surface area contributed by atoms with Crippen LogP contribution in [0.3, 0.4) is 0 Å². The monoisotopic (exact) mass is 396 g/mol. The molecule has 0 unspecified atom stereocenters. The van der Waals surface area contributed by atoms with E-state index in [-0.39, 0.29) is 5.91 Å². The van der Waals surface area contributed by atoms with Crippen LogP contribution >= 0.6 is 0 Å². The van der Waals surface area contributed by atoms with Crippen LogP contribution < -0.4 is 10.1 Å². The third kappa shape index (κ3) is 6.31. The van der Waals surface area contributed by atoms with Gasteiger partial charge in [-0.2, -0.15) is 0 Å². The molecule has 2 aromatic carbocycles. The minimum absolute atomic E-state index is 0.0777. The SMILES string of the molecule is CC[C@@H](Oc1ccc(C)cc1C)C(=O)NCc1cccc(CN2CCOCC2)c1. The first-order chi connectivity index (χ1) is 14.0. The van der Waals surface area contributed by atoms with Crippen LogP contribution in [-0.2, 0) is 22.6 Å². The van der Waals surface area contributed by atoms with E-state index in [1.165, 1.54) is 11.1 Å². The molecule has 1 saturated heterocycles. The number of carbonyl (C=O) groups excluding carboxylic acids is 1. The van der Waals surface area contributed by atoms with Crippen molar-refractivity contribution < 1.29 is 14.3 Å². The summed E-state index contributed by atoms with van der Waals surface area (Å²) in [5.41, 5.74) is 4.60. The van der Waals surface area contributed by atoms with E-state index in [1.54, 1.807) is 0 Å². The zero-order valence-corrected chi connectivity index (χ0v) is 17.7. The first-order valence-corrected chi connectivity index (χ1v) is 10.4. The Labute approximate surface area is 174 Å². The second-order valence-electron chi connectivity index (χ2n) is 7.71. The summed E-state index contributed by atoms with van der Waals surface area (Å²) < 4.78 is 11.4. The van der Waals surface area contributed by atoms with E-state index in [4.69, 9.17) is 9.47 Å². The fourth-order valence-corrected chi connectivity index (χ4v) is 3.57. The molecular formula is C24H32N2O3. The van der Waals surface area contributed by atoms with Crippen LogP contribution in [0.5, 0.6) is 5.75 Å². The number of nitrogens with zero attached hydrogens (tertiary/aromatic N) is 1. The van der Waals surface area contributed by atoms with E-state index in [2.05, 4.69) is 40.5 Å². The van der Waals surface area contributed by atoms with Gasteiger partial charge in [0.2, 0.25) is 0 Å². The van der Waals surface area contributed by atoms with Crippen LogP contribution in [0.4, 0.5) is 0 Å². The summed E-state index contributed by atoms with van der Waals surface area (Å²) in [5.74, 6) is 0.691. The lowest BCUT2D eigenvalue weighted by molar-refractivity contribution is -0.128. The van der Waals surface area contributed by atoms with Gasteiger partial charge in [-0.05, 0) is 43.0 Å². The Morgan fingerprint density at radius 2 is 1.90 bits per heavy atom. The molecule has 0 aliphatic carbocycles. The Morgan fingerprint density at radius 3 is 2.62 bits per heavy atom. The van der Waals surface area contributed by atoms with Gasteiger partial charge < -0.3 is 14.8 Å². The minimum atomic E-state index is -0.493. The van der Waals surface area contributed by atoms with E-state index < -0.39 is 6.10 Å². The highest BCUT2D eigenvalue weighted by molar-refractivity contribution is 5.81. The van der Waals surface area contributed by atoms with Gasteiger partial charge in [-0.1, -0.05) is 48.9 Å². The normalized spacial score (nSPS) is 15.7. The predicted octanol–water partition coefficient (Wildman–Crippen LogP) is 3.61. The number of hydrogen-bond acceptors (Lipinski definition) is 4. The van der Waals surface area contributed by atoms with Gasteiger partial charge in [0.15, 0.2) is 6.10 Å². The fourth-order valence-electron chi connectivity index (χ4n) is 3.57. The van der Waals surface area contributed by atoms with Crippen molar-refractivity contribution in [1.29, 1.82) is 0 Å². The van der Waals surface area contributed by atoms with E-state index in [0.29, 0.717) is 13.0 Å². The molecule has 0 radical (unpaired) electrons. The van der Waals surface area contributed by atoms with E-state index >= 15 is 0 Å². The number of amides is 1. The lowest BCUT2D eigenvalue weighted by Gasteiger charge is -2.26. The molecule has 0 saturated carbocycles. The second kappa shape index (κ2) is 10.4. The van der Waals surface area contributed by atoms with Crippen LogP contribution in [0.2, 0.25) is 0 Å². The average molecular weight is 397 g/mol. The van der Waals surface area contributed by atoms with Gasteiger partial charge in [0, 0.05) is 26.2 Å². The molecule has 29 heavy (non-hydrogen) atoms. The Hall–Kier alpha value is -2.37. The standard InChI is InChI=1S/C24H32N2O3/c1-4-22(29-23-9-8-18(2)14-19(23)3)24(27)25-16-20-6-5-7-21(15-20)17-26-10-12-28-13-11-26/h5-9,14-15,22H,4,10-13,16-17H2,1-3H3,(H,25,27)/t22-/m1/s1. The smallest absolute Gasteiger partial charge is 0.261 e. The molecule has 1 aliphatic heterocycles. The number of aryl methyl sites for hydroxylation is 2. The summed E-state index contributed by atoms with van der Waals surface area (Å²) in [4.78, 5) is 15.1. The van der Waals surface area contributed by atoms with Crippen LogP contribution in [0, 0.1) is 13.8 Å².